The molecule has 1 aromatic heterocycles. The van der Waals surface area contributed by atoms with Gasteiger partial charge in [0, 0.05) is 32.6 Å². The van der Waals surface area contributed by atoms with Gasteiger partial charge in [-0.25, -0.2) is 4.98 Å². The lowest BCUT2D eigenvalue weighted by molar-refractivity contribution is -0.134. The SMILES string of the molecule is COc1nc(C(=O)NC2CCC(=O)NC2=O)ccc1N1CCNCC1.Cl. The van der Waals surface area contributed by atoms with Gasteiger partial charge in [-0.15, -0.1) is 12.4 Å². The Morgan fingerprint density at radius 2 is 2.04 bits per heavy atom. The van der Waals surface area contributed by atoms with Gasteiger partial charge < -0.3 is 20.3 Å². The number of hydrogen-bond donors (Lipinski definition) is 3. The van der Waals surface area contributed by atoms with E-state index >= 15 is 0 Å². The molecule has 0 bridgehead atoms. The highest BCUT2D eigenvalue weighted by Crippen LogP contribution is 2.26. The number of piperidine rings is 1. The fraction of sp³-hybridized carbons (Fsp3) is 0.500. The van der Waals surface area contributed by atoms with Gasteiger partial charge >= 0.3 is 0 Å². The van der Waals surface area contributed by atoms with Crippen LogP contribution in [0.25, 0.3) is 0 Å². The molecule has 0 aliphatic carbocycles. The number of imide groups is 1. The fourth-order valence-corrected chi connectivity index (χ4v) is 2.92. The average molecular weight is 384 g/mol. The van der Waals surface area contributed by atoms with E-state index in [-0.39, 0.29) is 36.8 Å². The minimum atomic E-state index is -0.731. The molecule has 2 aliphatic rings. The number of piperazine rings is 1. The summed E-state index contributed by atoms with van der Waals surface area (Å²) < 4.78 is 5.34. The van der Waals surface area contributed by atoms with Gasteiger partial charge in [-0.2, -0.15) is 0 Å². The van der Waals surface area contributed by atoms with Crippen LogP contribution in [0.2, 0.25) is 0 Å². The maximum Gasteiger partial charge on any atom is 0.270 e. The summed E-state index contributed by atoms with van der Waals surface area (Å²) in [6.07, 6.45) is 0.488. The second-order valence-corrected chi connectivity index (χ2v) is 5.94. The fourth-order valence-electron chi connectivity index (χ4n) is 2.92. The van der Waals surface area contributed by atoms with Crippen molar-refractivity contribution in [3.8, 4) is 5.88 Å². The second kappa shape index (κ2) is 8.81. The molecule has 0 spiro atoms. The first-order chi connectivity index (χ1) is 12.1. The predicted octanol–water partition coefficient (Wildman–Crippen LogP) is -0.543. The number of carbonyl (C=O) groups is 3. The van der Waals surface area contributed by atoms with Gasteiger partial charge in [-0.1, -0.05) is 0 Å². The van der Waals surface area contributed by atoms with E-state index < -0.39 is 17.9 Å². The van der Waals surface area contributed by atoms with Crippen LogP contribution in [0.1, 0.15) is 23.3 Å². The molecule has 0 radical (unpaired) electrons. The number of halogens is 1. The molecule has 3 heterocycles. The summed E-state index contributed by atoms with van der Waals surface area (Å²) >= 11 is 0. The number of pyridine rings is 1. The van der Waals surface area contributed by atoms with Crippen molar-refractivity contribution >= 4 is 35.8 Å². The highest BCUT2D eigenvalue weighted by Gasteiger charge is 2.28. The molecule has 26 heavy (non-hydrogen) atoms. The highest BCUT2D eigenvalue weighted by molar-refractivity contribution is 6.03. The second-order valence-electron chi connectivity index (χ2n) is 5.94. The number of carbonyl (C=O) groups excluding carboxylic acids is 3. The largest absolute Gasteiger partial charge is 0.480 e. The maximum absolute atomic E-state index is 12.4. The summed E-state index contributed by atoms with van der Waals surface area (Å²) in [4.78, 5) is 41.7. The zero-order valence-electron chi connectivity index (χ0n) is 14.4. The number of anilines is 1. The summed E-state index contributed by atoms with van der Waals surface area (Å²) in [5, 5.41) is 8.10. The summed E-state index contributed by atoms with van der Waals surface area (Å²) in [6.45, 7) is 3.42. The van der Waals surface area contributed by atoms with Crippen LogP contribution in [0.5, 0.6) is 5.88 Å². The predicted molar refractivity (Wildman–Crippen MR) is 96.8 cm³/mol. The van der Waals surface area contributed by atoms with E-state index in [2.05, 4.69) is 25.8 Å². The van der Waals surface area contributed by atoms with Gasteiger partial charge in [0.15, 0.2) is 0 Å². The molecule has 1 unspecified atom stereocenters. The third-order valence-electron chi connectivity index (χ3n) is 4.27. The molecule has 2 aliphatic heterocycles. The van der Waals surface area contributed by atoms with E-state index in [0.717, 1.165) is 31.9 Å². The van der Waals surface area contributed by atoms with Crippen LogP contribution in [-0.4, -0.2) is 62.0 Å². The van der Waals surface area contributed by atoms with Gasteiger partial charge in [0.2, 0.25) is 17.7 Å². The number of amides is 3. The van der Waals surface area contributed by atoms with E-state index in [4.69, 9.17) is 4.74 Å². The minimum Gasteiger partial charge on any atom is -0.480 e. The molecule has 1 aromatic rings. The van der Waals surface area contributed by atoms with E-state index in [1.165, 1.54) is 7.11 Å². The van der Waals surface area contributed by atoms with Gasteiger partial charge in [-0.3, -0.25) is 19.7 Å². The van der Waals surface area contributed by atoms with Crippen LogP contribution in [0.3, 0.4) is 0 Å². The zero-order chi connectivity index (χ0) is 17.8. The van der Waals surface area contributed by atoms with E-state index in [1.54, 1.807) is 12.1 Å². The molecule has 0 aromatic carbocycles. The Balaban J connectivity index is 0.00000243. The van der Waals surface area contributed by atoms with E-state index in [9.17, 15) is 14.4 Å². The molecule has 142 valence electrons. The Morgan fingerprint density at radius 3 is 2.69 bits per heavy atom. The quantitative estimate of drug-likeness (QED) is 0.598. The summed E-state index contributed by atoms with van der Waals surface area (Å²) in [6, 6.07) is 2.68. The molecule has 3 amide bonds. The van der Waals surface area contributed by atoms with Gasteiger partial charge in [-0.05, 0) is 18.6 Å². The Labute approximate surface area is 157 Å². The molecule has 3 rings (SSSR count). The van der Waals surface area contributed by atoms with Crippen molar-refractivity contribution in [2.45, 2.75) is 18.9 Å². The molecule has 10 heteroatoms. The molecule has 0 saturated carbocycles. The molecule has 2 saturated heterocycles. The number of nitrogens with zero attached hydrogens (tertiary/aromatic N) is 2. The van der Waals surface area contributed by atoms with Crippen molar-refractivity contribution in [1.29, 1.82) is 0 Å². The maximum atomic E-state index is 12.4. The Morgan fingerprint density at radius 1 is 1.31 bits per heavy atom. The van der Waals surface area contributed by atoms with Crippen LogP contribution in [-0.2, 0) is 9.59 Å². The third kappa shape index (κ3) is 4.41. The van der Waals surface area contributed by atoms with E-state index in [1.807, 2.05) is 0 Å². The van der Waals surface area contributed by atoms with Crippen LogP contribution >= 0.6 is 12.4 Å². The molecule has 2 fully saturated rings. The molecular formula is C16H22ClN5O4. The van der Waals surface area contributed by atoms with Crippen molar-refractivity contribution in [3.05, 3.63) is 17.8 Å². The summed E-state index contributed by atoms with van der Waals surface area (Å²) in [7, 11) is 1.51. The van der Waals surface area contributed by atoms with Crippen LogP contribution in [0, 0.1) is 0 Å². The van der Waals surface area contributed by atoms with Gasteiger partial charge in [0.1, 0.15) is 11.7 Å². The van der Waals surface area contributed by atoms with Gasteiger partial charge in [0.25, 0.3) is 5.91 Å². The smallest absolute Gasteiger partial charge is 0.270 e. The van der Waals surface area contributed by atoms with Gasteiger partial charge in [0.05, 0.1) is 12.8 Å². The van der Waals surface area contributed by atoms with Crippen LogP contribution < -0.4 is 25.6 Å². The highest BCUT2D eigenvalue weighted by atomic mass is 35.5. The van der Waals surface area contributed by atoms with Crippen molar-refractivity contribution in [1.82, 2.24) is 20.9 Å². The first-order valence-corrected chi connectivity index (χ1v) is 8.23. The van der Waals surface area contributed by atoms with E-state index in [0.29, 0.717) is 5.88 Å². The normalized spacial score (nSPS) is 20.0. The molecule has 3 N–H and O–H groups in total. The van der Waals surface area contributed by atoms with Crippen molar-refractivity contribution in [2.24, 2.45) is 0 Å². The number of rotatable bonds is 4. The minimum absolute atomic E-state index is 0. The molecule has 1 atom stereocenters. The number of aromatic nitrogens is 1. The van der Waals surface area contributed by atoms with Crippen molar-refractivity contribution in [3.63, 3.8) is 0 Å². The van der Waals surface area contributed by atoms with Crippen LogP contribution in [0.15, 0.2) is 12.1 Å². The number of hydrogen-bond acceptors (Lipinski definition) is 7. The van der Waals surface area contributed by atoms with Crippen LogP contribution in [0.4, 0.5) is 5.69 Å². The molecular weight excluding hydrogens is 362 g/mol. The Hall–Kier alpha value is -2.39. The number of ether oxygens (including phenoxy) is 1. The third-order valence-corrected chi connectivity index (χ3v) is 4.27. The van der Waals surface area contributed by atoms with Crippen molar-refractivity contribution < 1.29 is 19.1 Å². The number of nitrogens with one attached hydrogen (secondary N) is 3. The lowest BCUT2D eigenvalue weighted by atomic mass is 10.1. The standard InChI is InChI=1S/C16H21N5O4.ClH/c1-25-16-12(21-8-6-17-7-9-21)4-2-11(19-16)14(23)18-10-3-5-13(22)20-15(10)24;/h2,4,10,17H,3,5-9H2,1H3,(H,18,23)(H,20,22,24);1H. The molecule has 9 nitrogen and oxygen atoms in total. The topological polar surface area (TPSA) is 113 Å². The number of methoxy groups -OCH3 is 1. The summed E-state index contributed by atoms with van der Waals surface area (Å²) in [5.41, 5.74) is 1.00. The first kappa shape index (κ1) is 19.9. The monoisotopic (exact) mass is 383 g/mol. The lowest BCUT2D eigenvalue weighted by Crippen LogP contribution is -2.52. The Bertz CT molecular complexity index is 693. The lowest BCUT2D eigenvalue weighted by Gasteiger charge is -2.30. The average Bonchev–Trinajstić information content (AvgIpc) is 2.64. The Kier molecular flexibility index (Phi) is 6.76. The van der Waals surface area contributed by atoms with Crippen molar-refractivity contribution in [2.75, 3.05) is 38.2 Å². The first-order valence-electron chi connectivity index (χ1n) is 8.23. The summed E-state index contributed by atoms with van der Waals surface area (Å²) in [5.74, 6) is -0.915. The zero-order valence-corrected chi connectivity index (χ0v) is 15.2.